The van der Waals surface area contributed by atoms with E-state index in [-0.39, 0.29) is 11.8 Å². The highest BCUT2D eigenvalue weighted by Crippen LogP contribution is 2.23. The fourth-order valence-corrected chi connectivity index (χ4v) is 2.90. The van der Waals surface area contributed by atoms with E-state index in [9.17, 15) is 4.79 Å². The van der Waals surface area contributed by atoms with Crippen LogP contribution in [0.2, 0.25) is 0 Å². The Hall–Kier alpha value is -1.32. The van der Waals surface area contributed by atoms with Gasteiger partial charge in [-0.2, -0.15) is 0 Å². The van der Waals surface area contributed by atoms with Crippen LogP contribution in [0.5, 0.6) is 0 Å². The van der Waals surface area contributed by atoms with E-state index >= 15 is 0 Å². The first-order valence-corrected chi connectivity index (χ1v) is 7.48. The van der Waals surface area contributed by atoms with Crippen LogP contribution >= 0.6 is 22.9 Å². The molecule has 0 atom stereocenters. The van der Waals surface area contributed by atoms with Gasteiger partial charge in [0.05, 0.1) is 6.54 Å². The predicted octanol–water partition coefficient (Wildman–Crippen LogP) is 4.14. The highest BCUT2D eigenvalue weighted by Gasteiger charge is 2.16. The van der Waals surface area contributed by atoms with E-state index in [0.717, 1.165) is 21.7 Å². The number of aryl methyl sites for hydroxylation is 2. The number of rotatable bonds is 4. The summed E-state index contributed by atoms with van der Waals surface area (Å²) >= 11 is 7.37. The average Bonchev–Trinajstić information content (AvgIpc) is 2.86. The first-order valence-electron chi connectivity index (χ1n) is 6.07. The summed E-state index contributed by atoms with van der Waals surface area (Å²) in [5.41, 5.74) is 3.21. The highest BCUT2D eigenvalue weighted by atomic mass is 35.5. The minimum absolute atomic E-state index is 0.00162. The molecular formula is C15H16ClNOS. The van der Waals surface area contributed by atoms with E-state index < -0.39 is 0 Å². The van der Waals surface area contributed by atoms with Crippen LogP contribution in [0.1, 0.15) is 16.0 Å². The third-order valence-electron chi connectivity index (χ3n) is 2.83. The van der Waals surface area contributed by atoms with Crippen LogP contribution in [-0.2, 0) is 11.3 Å². The predicted molar refractivity (Wildman–Crippen MR) is 82.1 cm³/mol. The van der Waals surface area contributed by atoms with E-state index in [1.165, 1.54) is 0 Å². The monoisotopic (exact) mass is 293 g/mol. The van der Waals surface area contributed by atoms with Crippen molar-refractivity contribution < 1.29 is 4.79 Å². The van der Waals surface area contributed by atoms with Crippen LogP contribution in [0.3, 0.4) is 0 Å². The number of thiophene rings is 1. The molecule has 0 spiro atoms. The molecule has 2 nitrogen and oxygen atoms in total. The molecule has 2 rings (SSSR count). The lowest BCUT2D eigenvalue weighted by atomic mass is 10.1. The molecule has 0 aliphatic carbocycles. The van der Waals surface area contributed by atoms with E-state index in [0.29, 0.717) is 6.54 Å². The molecule has 0 aliphatic rings. The summed E-state index contributed by atoms with van der Waals surface area (Å²) in [7, 11) is 0. The van der Waals surface area contributed by atoms with Crippen molar-refractivity contribution in [2.24, 2.45) is 0 Å². The molecular weight excluding hydrogens is 278 g/mol. The Morgan fingerprint density at radius 2 is 1.95 bits per heavy atom. The summed E-state index contributed by atoms with van der Waals surface area (Å²) in [4.78, 5) is 15.0. The Morgan fingerprint density at radius 3 is 2.47 bits per heavy atom. The van der Waals surface area contributed by atoms with E-state index in [2.05, 4.69) is 6.07 Å². The van der Waals surface area contributed by atoms with E-state index in [4.69, 9.17) is 11.6 Å². The van der Waals surface area contributed by atoms with Crippen molar-refractivity contribution in [3.05, 3.63) is 51.7 Å². The maximum absolute atomic E-state index is 12.1. The van der Waals surface area contributed by atoms with Crippen molar-refractivity contribution in [3.8, 4) is 0 Å². The fourth-order valence-electron chi connectivity index (χ4n) is 2.06. The first-order chi connectivity index (χ1) is 9.10. The van der Waals surface area contributed by atoms with Crippen molar-refractivity contribution in [3.63, 3.8) is 0 Å². The second-order valence-electron chi connectivity index (χ2n) is 4.54. The second kappa shape index (κ2) is 6.22. The highest BCUT2D eigenvalue weighted by molar-refractivity contribution is 7.09. The summed E-state index contributed by atoms with van der Waals surface area (Å²) < 4.78 is 0. The van der Waals surface area contributed by atoms with Crippen molar-refractivity contribution in [1.82, 2.24) is 0 Å². The molecule has 4 heteroatoms. The number of hydrogen-bond acceptors (Lipinski definition) is 2. The molecule has 0 aliphatic heterocycles. The van der Waals surface area contributed by atoms with Gasteiger partial charge in [-0.1, -0.05) is 12.1 Å². The number of alkyl halides is 1. The van der Waals surface area contributed by atoms with Crippen LogP contribution in [0.25, 0.3) is 0 Å². The summed E-state index contributed by atoms with van der Waals surface area (Å²) in [6.07, 6.45) is 0. The smallest absolute Gasteiger partial charge is 0.242 e. The molecule has 1 amide bonds. The van der Waals surface area contributed by atoms with Gasteiger partial charge < -0.3 is 4.90 Å². The number of carbonyl (C=O) groups is 1. The quantitative estimate of drug-likeness (QED) is 0.776. The van der Waals surface area contributed by atoms with Crippen molar-refractivity contribution >= 4 is 34.5 Å². The Morgan fingerprint density at radius 1 is 1.26 bits per heavy atom. The van der Waals surface area contributed by atoms with Crippen molar-refractivity contribution in [1.29, 1.82) is 0 Å². The van der Waals surface area contributed by atoms with Crippen LogP contribution in [0.4, 0.5) is 5.69 Å². The Kier molecular flexibility index (Phi) is 4.61. The van der Waals surface area contributed by atoms with Crippen LogP contribution < -0.4 is 4.90 Å². The third-order valence-corrected chi connectivity index (χ3v) is 3.92. The normalized spacial score (nSPS) is 10.5. The van der Waals surface area contributed by atoms with Crippen LogP contribution in [-0.4, -0.2) is 11.8 Å². The fraction of sp³-hybridized carbons (Fsp3) is 0.267. The number of hydrogen-bond donors (Lipinski definition) is 0. The minimum atomic E-state index is -0.0694. The van der Waals surface area contributed by atoms with Gasteiger partial charge in [0.25, 0.3) is 0 Å². The van der Waals surface area contributed by atoms with Gasteiger partial charge in [-0.05, 0) is 48.6 Å². The van der Waals surface area contributed by atoms with E-state index in [1.807, 2.05) is 43.5 Å². The van der Waals surface area contributed by atoms with Gasteiger partial charge in [0.15, 0.2) is 0 Å². The Labute approximate surface area is 122 Å². The zero-order valence-corrected chi connectivity index (χ0v) is 12.6. The lowest BCUT2D eigenvalue weighted by Gasteiger charge is -2.22. The number of halogens is 1. The largest absolute Gasteiger partial charge is 0.306 e. The molecule has 1 aromatic carbocycles. The molecule has 0 N–H and O–H groups in total. The number of benzene rings is 1. The molecule has 0 bridgehead atoms. The van der Waals surface area contributed by atoms with Crippen molar-refractivity contribution in [2.75, 3.05) is 10.8 Å². The molecule has 0 unspecified atom stereocenters. The number of nitrogens with zero attached hydrogens (tertiary/aromatic N) is 1. The summed E-state index contributed by atoms with van der Waals surface area (Å²) in [6.45, 7) is 4.64. The summed E-state index contributed by atoms with van der Waals surface area (Å²) in [6, 6.07) is 10.2. The van der Waals surface area contributed by atoms with Gasteiger partial charge >= 0.3 is 0 Å². The average molecular weight is 294 g/mol. The van der Waals surface area contributed by atoms with Gasteiger partial charge in [-0.25, -0.2) is 0 Å². The van der Waals surface area contributed by atoms with Crippen LogP contribution in [0.15, 0.2) is 35.7 Å². The molecule has 0 saturated carbocycles. The number of carbonyl (C=O) groups excluding carboxylic acids is 1. The number of amides is 1. The molecule has 0 saturated heterocycles. The van der Waals surface area contributed by atoms with Crippen molar-refractivity contribution in [2.45, 2.75) is 20.4 Å². The molecule has 0 fully saturated rings. The van der Waals surface area contributed by atoms with Gasteiger partial charge in [0.2, 0.25) is 5.91 Å². The topological polar surface area (TPSA) is 20.3 Å². The molecule has 0 radical (unpaired) electrons. The second-order valence-corrected chi connectivity index (χ2v) is 5.84. The van der Waals surface area contributed by atoms with Gasteiger partial charge in [0, 0.05) is 10.6 Å². The Balaban J connectivity index is 2.34. The third kappa shape index (κ3) is 3.58. The lowest BCUT2D eigenvalue weighted by molar-refractivity contribution is -0.116. The lowest BCUT2D eigenvalue weighted by Crippen LogP contribution is -2.31. The van der Waals surface area contributed by atoms with Gasteiger partial charge in [0.1, 0.15) is 5.88 Å². The zero-order valence-electron chi connectivity index (χ0n) is 11.0. The van der Waals surface area contributed by atoms with E-state index in [1.54, 1.807) is 16.2 Å². The molecule has 2 aromatic rings. The maximum Gasteiger partial charge on any atom is 0.242 e. The minimum Gasteiger partial charge on any atom is -0.306 e. The SMILES string of the molecule is Cc1cc(C)cc(N(Cc2cccs2)C(=O)CCl)c1. The zero-order chi connectivity index (χ0) is 13.8. The standard InChI is InChI=1S/C15H16ClNOS/c1-11-6-12(2)8-13(7-11)17(15(18)9-16)10-14-4-3-5-19-14/h3-8H,9-10H2,1-2H3. The molecule has 19 heavy (non-hydrogen) atoms. The van der Waals surface area contributed by atoms with Gasteiger partial charge in [-0.3, -0.25) is 4.79 Å². The number of anilines is 1. The summed E-state index contributed by atoms with van der Waals surface area (Å²) in [5.74, 6) is -0.0710. The molecule has 100 valence electrons. The van der Waals surface area contributed by atoms with Crippen LogP contribution in [0, 0.1) is 13.8 Å². The molecule has 1 aromatic heterocycles. The van der Waals surface area contributed by atoms with Gasteiger partial charge in [-0.15, -0.1) is 22.9 Å². The Bertz CT molecular complexity index is 545. The molecule has 1 heterocycles. The maximum atomic E-state index is 12.1. The first kappa shape index (κ1) is 14.1. The summed E-state index contributed by atoms with van der Waals surface area (Å²) in [5, 5.41) is 2.01.